The van der Waals surface area contributed by atoms with Gasteiger partial charge in [0.05, 0.1) is 25.3 Å². The third-order valence-corrected chi connectivity index (χ3v) is 5.36. The summed E-state index contributed by atoms with van der Waals surface area (Å²) >= 11 is 6.14. The van der Waals surface area contributed by atoms with E-state index in [1.54, 1.807) is 74.9 Å². The van der Waals surface area contributed by atoms with Crippen molar-refractivity contribution in [3.05, 3.63) is 82.1 Å². The Morgan fingerprint density at radius 2 is 1.70 bits per heavy atom. The van der Waals surface area contributed by atoms with E-state index < -0.39 is 0 Å². The number of aromatic nitrogens is 4. The first-order valence-corrected chi connectivity index (χ1v) is 10.3. The lowest BCUT2D eigenvalue weighted by molar-refractivity contribution is 0.355. The van der Waals surface area contributed by atoms with E-state index in [-0.39, 0.29) is 11.4 Å². The molecule has 5 aromatic rings. The molecule has 0 N–H and O–H groups in total. The summed E-state index contributed by atoms with van der Waals surface area (Å²) in [5.41, 5.74) is 1.30. The summed E-state index contributed by atoms with van der Waals surface area (Å²) in [6, 6.07) is 19.3. The highest BCUT2D eigenvalue weighted by Gasteiger charge is 2.19. The highest BCUT2D eigenvalue weighted by atomic mass is 35.5. The zero-order valence-corrected chi connectivity index (χ0v) is 18.4. The van der Waals surface area contributed by atoms with Crippen LogP contribution in [-0.4, -0.2) is 34.1 Å². The van der Waals surface area contributed by atoms with Crippen LogP contribution in [0.15, 0.2) is 76.0 Å². The highest BCUT2D eigenvalue weighted by molar-refractivity contribution is 6.30. The van der Waals surface area contributed by atoms with E-state index in [1.165, 1.54) is 4.68 Å². The summed E-state index contributed by atoms with van der Waals surface area (Å²) in [6.07, 6.45) is 0. The normalized spacial score (nSPS) is 11.0. The van der Waals surface area contributed by atoms with Crippen LogP contribution in [0, 0.1) is 0 Å². The van der Waals surface area contributed by atoms with Gasteiger partial charge in [-0.3, -0.25) is 4.79 Å². The van der Waals surface area contributed by atoms with Gasteiger partial charge in [0, 0.05) is 16.0 Å². The molecule has 5 rings (SSSR count). The fourth-order valence-corrected chi connectivity index (χ4v) is 3.73. The van der Waals surface area contributed by atoms with E-state index in [0.29, 0.717) is 50.1 Å². The van der Waals surface area contributed by atoms with Crippen molar-refractivity contribution in [3.63, 3.8) is 0 Å². The Balaban J connectivity index is 1.68. The van der Waals surface area contributed by atoms with Crippen LogP contribution in [0.1, 0.15) is 0 Å². The third kappa shape index (κ3) is 3.70. The Morgan fingerprint density at radius 3 is 2.45 bits per heavy atom. The molecule has 2 aromatic heterocycles. The fourth-order valence-electron chi connectivity index (χ4n) is 3.54. The number of benzene rings is 3. The summed E-state index contributed by atoms with van der Waals surface area (Å²) in [5, 5.41) is 10.2. The van der Waals surface area contributed by atoms with E-state index in [4.69, 9.17) is 25.6 Å². The van der Waals surface area contributed by atoms with Crippen molar-refractivity contribution in [3.8, 4) is 40.2 Å². The number of halogens is 1. The maximum Gasteiger partial charge on any atom is 0.279 e. The quantitative estimate of drug-likeness (QED) is 0.373. The largest absolute Gasteiger partial charge is 0.493 e. The highest BCUT2D eigenvalue weighted by Crippen LogP contribution is 2.32. The number of hydrogen-bond acceptors (Lipinski definition) is 7. The van der Waals surface area contributed by atoms with Crippen LogP contribution in [0.4, 0.5) is 0 Å². The average Bonchev–Trinajstić information content (AvgIpc) is 3.34. The lowest BCUT2D eigenvalue weighted by atomic mass is 10.1. The topological polar surface area (TPSA) is 92.3 Å². The fraction of sp³-hybridized carbons (Fsp3) is 0.0833. The zero-order chi connectivity index (χ0) is 22.9. The van der Waals surface area contributed by atoms with E-state index in [9.17, 15) is 4.79 Å². The first-order chi connectivity index (χ1) is 16.1. The number of ether oxygens (including phenoxy) is 2. The van der Waals surface area contributed by atoms with Gasteiger partial charge in [-0.2, -0.15) is 14.8 Å². The molecule has 0 saturated heterocycles. The number of rotatable bonds is 5. The van der Waals surface area contributed by atoms with Gasteiger partial charge < -0.3 is 14.0 Å². The van der Waals surface area contributed by atoms with Gasteiger partial charge in [0.15, 0.2) is 17.2 Å². The SMILES string of the molecule is COc1ccc(-c2noc(-c3nn(-c4cccc(Cl)c4)c(=O)c4ccccc34)n2)cc1OC. The summed E-state index contributed by atoms with van der Waals surface area (Å²) in [5.74, 6) is 1.65. The molecule has 3 aromatic carbocycles. The summed E-state index contributed by atoms with van der Waals surface area (Å²) in [7, 11) is 3.12. The minimum atomic E-state index is -0.281. The standard InChI is InChI=1S/C24H17ClN4O4/c1-31-19-11-10-14(12-20(19)32-2)22-26-23(33-28-22)21-17-8-3-4-9-18(17)24(30)29(27-21)16-7-5-6-15(25)13-16/h3-13H,1-2H3. The van der Waals surface area contributed by atoms with Crippen molar-refractivity contribution in [1.29, 1.82) is 0 Å². The van der Waals surface area contributed by atoms with Gasteiger partial charge in [0.1, 0.15) is 0 Å². The van der Waals surface area contributed by atoms with Crippen LogP contribution in [0.5, 0.6) is 11.5 Å². The van der Waals surface area contributed by atoms with Gasteiger partial charge in [-0.15, -0.1) is 0 Å². The summed E-state index contributed by atoms with van der Waals surface area (Å²) in [4.78, 5) is 17.7. The molecular formula is C24H17ClN4O4. The van der Waals surface area contributed by atoms with Crippen molar-refractivity contribution in [1.82, 2.24) is 19.9 Å². The minimum Gasteiger partial charge on any atom is -0.493 e. The molecule has 164 valence electrons. The van der Waals surface area contributed by atoms with Crippen LogP contribution in [0.3, 0.4) is 0 Å². The van der Waals surface area contributed by atoms with Gasteiger partial charge in [-0.05, 0) is 42.5 Å². The first kappa shape index (κ1) is 20.7. The lowest BCUT2D eigenvalue weighted by Gasteiger charge is -2.09. The number of hydrogen-bond donors (Lipinski definition) is 0. The van der Waals surface area contributed by atoms with Gasteiger partial charge in [-0.1, -0.05) is 41.0 Å². The molecule has 8 nitrogen and oxygen atoms in total. The number of fused-ring (bicyclic) bond motifs is 1. The van der Waals surface area contributed by atoms with Crippen LogP contribution in [0.2, 0.25) is 5.02 Å². The smallest absolute Gasteiger partial charge is 0.279 e. The Labute approximate surface area is 193 Å². The van der Waals surface area contributed by atoms with Crippen LogP contribution in [-0.2, 0) is 0 Å². The second-order valence-electron chi connectivity index (χ2n) is 7.08. The molecule has 9 heteroatoms. The molecule has 0 aliphatic heterocycles. The van der Waals surface area contributed by atoms with E-state index >= 15 is 0 Å². The number of nitrogens with zero attached hydrogens (tertiary/aromatic N) is 4. The first-order valence-electron chi connectivity index (χ1n) is 9.93. The Bertz CT molecular complexity index is 1540. The van der Waals surface area contributed by atoms with Gasteiger partial charge in [0.25, 0.3) is 11.4 Å². The molecular weight excluding hydrogens is 444 g/mol. The summed E-state index contributed by atoms with van der Waals surface area (Å²) in [6.45, 7) is 0. The molecule has 0 radical (unpaired) electrons. The average molecular weight is 461 g/mol. The Kier molecular flexibility index (Phi) is 5.27. The van der Waals surface area contributed by atoms with Crippen molar-refractivity contribution in [2.24, 2.45) is 0 Å². The Morgan fingerprint density at radius 1 is 0.909 bits per heavy atom. The van der Waals surface area contributed by atoms with Gasteiger partial charge in [0.2, 0.25) is 5.82 Å². The summed E-state index contributed by atoms with van der Waals surface area (Å²) < 4.78 is 17.5. The maximum absolute atomic E-state index is 13.1. The van der Waals surface area contributed by atoms with E-state index in [0.717, 1.165) is 0 Å². The van der Waals surface area contributed by atoms with Crippen LogP contribution >= 0.6 is 11.6 Å². The van der Waals surface area contributed by atoms with Gasteiger partial charge >= 0.3 is 0 Å². The molecule has 0 bridgehead atoms. The zero-order valence-electron chi connectivity index (χ0n) is 17.7. The van der Waals surface area contributed by atoms with Crippen LogP contribution < -0.4 is 15.0 Å². The molecule has 0 fully saturated rings. The van der Waals surface area contributed by atoms with Crippen molar-refractivity contribution < 1.29 is 14.0 Å². The van der Waals surface area contributed by atoms with Crippen molar-refractivity contribution >= 4 is 22.4 Å². The second-order valence-corrected chi connectivity index (χ2v) is 7.52. The molecule has 0 amide bonds. The maximum atomic E-state index is 13.1. The predicted octanol–water partition coefficient (Wildman–Crippen LogP) is 4.77. The molecule has 0 aliphatic carbocycles. The molecule has 0 aliphatic rings. The van der Waals surface area contributed by atoms with E-state index in [2.05, 4.69) is 15.2 Å². The molecule has 0 spiro atoms. The lowest BCUT2D eigenvalue weighted by Crippen LogP contribution is -2.22. The molecule has 0 atom stereocenters. The molecule has 0 unspecified atom stereocenters. The predicted molar refractivity (Wildman–Crippen MR) is 124 cm³/mol. The van der Waals surface area contributed by atoms with Crippen molar-refractivity contribution in [2.45, 2.75) is 0 Å². The molecule has 2 heterocycles. The van der Waals surface area contributed by atoms with Crippen LogP contribution in [0.25, 0.3) is 39.4 Å². The van der Waals surface area contributed by atoms with Gasteiger partial charge in [-0.25, -0.2) is 0 Å². The number of methoxy groups -OCH3 is 2. The Hall–Kier alpha value is -4.17. The van der Waals surface area contributed by atoms with Crippen molar-refractivity contribution in [2.75, 3.05) is 14.2 Å². The monoisotopic (exact) mass is 460 g/mol. The second kappa shape index (κ2) is 8.40. The van der Waals surface area contributed by atoms with E-state index in [1.807, 2.05) is 6.07 Å². The minimum absolute atomic E-state index is 0.173. The molecule has 33 heavy (non-hydrogen) atoms. The molecule has 0 saturated carbocycles. The third-order valence-electron chi connectivity index (χ3n) is 5.13.